The molecule has 0 aliphatic carbocycles. The van der Waals surface area contributed by atoms with Gasteiger partial charge < -0.3 is 0 Å². The Morgan fingerprint density at radius 3 is 2.58 bits per heavy atom. The summed E-state index contributed by atoms with van der Waals surface area (Å²) in [6.45, 7) is 4.98. The van der Waals surface area contributed by atoms with E-state index in [1.807, 2.05) is 28.9 Å². The van der Waals surface area contributed by atoms with Gasteiger partial charge in [-0.25, -0.2) is 4.68 Å². The highest BCUT2D eigenvalue weighted by atomic mass is 35.5. The van der Waals surface area contributed by atoms with Crippen LogP contribution >= 0.6 is 11.6 Å². The maximum absolute atomic E-state index is 9.10. The van der Waals surface area contributed by atoms with Gasteiger partial charge in [0.25, 0.3) is 0 Å². The Hall–Kier alpha value is -1.86. The second-order valence-electron chi connectivity index (χ2n) is 4.88. The van der Waals surface area contributed by atoms with Crippen molar-refractivity contribution >= 4 is 11.6 Å². The van der Waals surface area contributed by atoms with Gasteiger partial charge in [0.1, 0.15) is 6.07 Å². The molecule has 0 spiro atoms. The highest BCUT2D eigenvalue weighted by Gasteiger charge is 2.13. The molecule has 0 unspecified atom stereocenters. The van der Waals surface area contributed by atoms with E-state index in [1.54, 1.807) is 0 Å². The predicted molar refractivity (Wildman–Crippen MR) is 73.8 cm³/mol. The van der Waals surface area contributed by atoms with Crippen molar-refractivity contribution in [2.45, 2.75) is 26.8 Å². The minimum absolute atomic E-state index is 0.399. The van der Waals surface area contributed by atoms with Gasteiger partial charge in [0.05, 0.1) is 5.69 Å². The van der Waals surface area contributed by atoms with Crippen LogP contribution in [0.4, 0.5) is 0 Å². The molecule has 0 saturated carbocycles. The second kappa shape index (κ2) is 5.85. The summed E-state index contributed by atoms with van der Waals surface area (Å²) in [6, 6.07) is 9.70. The van der Waals surface area contributed by atoms with Gasteiger partial charge in [0.15, 0.2) is 5.69 Å². The van der Waals surface area contributed by atoms with Crippen LogP contribution in [-0.4, -0.2) is 15.0 Å². The number of nitrogens with zero attached hydrogens (tertiary/aromatic N) is 4. The maximum atomic E-state index is 9.10. The van der Waals surface area contributed by atoms with Crippen LogP contribution in [0.1, 0.15) is 30.8 Å². The van der Waals surface area contributed by atoms with Crippen LogP contribution in [-0.2, 0) is 13.0 Å². The molecular weight excluding hydrogens is 260 g/mol. The average Bonchev–Trinajstić information content (AvgIpc) is 2.74. The minimum Gasteiger partial charge on any atom is -0.247 e. The Balaban J connectivity index is 2.29. The van der Waals surface area contributed by atoms with Crippen molar-refractivity contribution in [2.75, 3.05) is 0 Å². The third-order valence-corrected chi connectivity index (χ3v) is 3.02. The molecule has 5 heteroatoms. The summed E-state index contributed by atoms with van der Waals surface area (Å²) in [7, 11) is 0. The molecule has 0 radical (unpaired) electrons. The van der Waals surface area contributed by atoms with Crippen LogP contribution < -0.4 is 0 Å². The van der Waals surface area contributed by atoms with Gasteiger partial charge in [-0.15, -0.1) is 5.10 Å². The molecular formula is C14H15ClN4. The lowest BCUT2D eigenvalue weighted by atomic mass is 10.1. The molecule has 0 amide bonds. The summed E-state index contributed by atoms with van der Waals surface area (Å²) in [5.74, 6) is 0.456. The predicted octanol–water partition coefficient (Wildman–Crippen LogP) is 3.05. The van der Waals surface area contributed by atoms with Gasteiger partial charge in [-0.2, -0.15) is 5.26 Å². The first-order valence-corrected chi connectivity index (χ1v) is 6.55. The molecule has 2 rings (SSSR count). The van der Waals surface area contributed by atoms with Crippen molar-refractivity contribution < 1.29 is 0 Å². The Morgan fingerprint density at radius 1 is 1.32 bits per heavy atom. The van der Waals surface area contributed by atoms with E-state index in [-0.39, 0.29) is 0 Å². The summed E-state index contributed by atoms with van der Waals surface area (Å²) in [6.07, 6.45) is 0.639. The second-order valence-corrected chi connectivity index (χ2v) is 5.31. The van der Waals surface area contributed by atoms with E-state index in [1.165, 1.54) is 0 Å². The Bertz CT molecular complexity index is 593. The third kappa shape index (κ3) is 3.33. The van der Waals surface area contributed by atoms with E-state index in [0.717, 1.165) is 17.8 Å². The molecule has 0 atom stereocenters. The Kier molecular flexibility index (Phi) is 4.18. The SMILES string of the molecule is CC(C)Cn1nnc(C#N)c1Cc1ccc(Cl)cc1. The van der Waals surface area contributed by atoms with Crippen molar-refractivity contribution in [1.29, 1.82) is 5.26 Å². The molecule has 1 aromatic carbocycles. The van der Waals surface area contributed by atoms with Crippen LogP contribution in [0.2, 0.25) is 5.02 Å². The lowest BCUT2D eigenvalue weighted by molar-refractivity contribution is 0.461. The third-order valence-electron chi connectivity index (χ3n) is 2.77. The van der Waals surface area contributed by atoms with Gasteiger partial charge in [-0.3, -0.25) is 0 Å². The molecule has 19 heavy (non-hydrogen) atoms. The summed E-state index contributed by atoms with van der Waals surface area (Å²) in [4.78, 5) is 0. The summed E-state index contributed by atoms with van der Waals surface area (Å²) >= 11 is 5.87. The van der Waals surface area contributed by atoms with Crippen molar-refractivity contribution in [3.8, 4) is 6.07 Å². The fourth-order valence-electron chi connectivity index (χ4n) is 1.88. The molecule has 0 saturated heterocycles. The van der Waals surface area contributed by atoms with Gasteiger partial charge in [-0.05, 0) is 23.6 Å². The van der Waals surface area contributed by atoms with E-state index in [2.05, 4.69) is 30.2 Å². The minimum atomic E-state index is 0.399. The topological polar surface area (TPSA) is 54.5 Å². The first-order valence-electron chi connectivity index (χ1n) is 6.17. The highest BCUT2D eigenvalue weighted by molar-refractivity contribution is 6.30. The molecule has 0 aliphatic rings. The molecule has 4 nitrogen and oxygen atoms in total. The van der Waals surface area contributed by atoms with E-state index >= 15 is 0 Å². The quantitative estimate of drug-likeness (QED) is 0.861. The van der Waals surface area contributed by atoms with Crippen LogP contribution in [0.15, 0.2) is 24.3 Å². The van der Waals surface area contributed by atoms with Gasteiger partial charge in [0.2, 0.25) is 0 Å². The Labute approximate surface area is 117 Å². The number of rotatable bonds is 4. The lowest BCUT2D eigenvalue weighted by Crippen LogP contribution is -2.10. The molecule has 98 valence electrons. The Morgan fingerprint density at radius 2 is 2.00 bits per heavy atom. The monoisotopic (exact) mass is 274 g/mol. The van der Waals surface area contributed by atoms with Gasteiger partial charge in [-0.1, -0.05) is 42.8 Å². The normalized spacial score (nSPS) is 10.7. The molecule has 1 heterocycles. The maximum Gasteiger partial charge on any atom is 0.186 e. The average molecular weight is 275 g/mol. The standard InChI is InChI=1S/C14H15ClN4/c1-10(2)9-19-14(13(8-16)17-18-19)7-11-3-5-12(15)6-4-11/h3-6,10H,7,9H2,1-2H3. The zero-order valence-electron chi connectivity index (χ0n) is 11.0. The highest BCUT2D eigenvalue weighted by Crippen LogP contribution is 2.16. The number of aromatic nitrogens is 3. The number of nitriles is 1. The number of hydrogen-bond acceptors (Lipinski definition) is 3. The smallest absolute Gasteiger partial charge is 0.186 e. The van der Waals surface area contributed by atoms with Crippen LogP contribution in [0, 0.1) is 17.2 Å². The van der Waals surface area contributed by atoms with Crippen molar-refractivity contribution in [3.63, 3.8) is 0 Å². The molecule has 1 aromatic heterocycles. The molecule has 2 aromatic rings. The van der Waals surface area contributed by atoms with Crippen LogP contribution in [0.25, 0.3) is 0 Å². The molecule has 0 fully saturated rings. The van der Waals surface area contributed by atoms with Crippen LogP contribution in [0.5, 0.6) is 0 Å². The van der Waals surface area contributed by atoms with E-state index < -0.39 is 0 Å². The van der Waals surface area contributed by atoms with Gasteiger partial charge in [0, 0.05) is 18.0 Å². The largest absolute Gasteiger partial charge is 0.247 e. The zero-order valence-corrected chi connectivity index (χ0v) is 11.7. The van der Waals surface area contributed by atoms with Gasteiger partial charge >= 0.3 is 0 Å². The summed E-state index contributed by atoms with van der Waals surface area (Å²) in [5.41, 5.74) is 2.35. The number of hydrogen-bond donors (Lipinski definition) is 0. The first kappa shape index (κ1) is 13.6. The fourth-order valence-corrected chi connectivity index (χ4v) is 2.01. The lowest BCUT2D eigenvalue weighted by Gasteiger charge is -2.09. The zero-order chi connectivity index (χ0) is 13.8. The number of halogens is 1. The van der Waals surface area contributed by atoms with E-state index in [4.69, 9.17) is 16.9 Å². The number of benzene rings is 1. The summed E-state index contributed by atoms with van der Waals surface area (Å²) in [5, 5.41) is 17.8. The van der Waals surface area contributed by atoms with Crippen LogP contribution in [0.3, 0.4) is 0 Å². The molecule has 0 aliphatic heterocycles. The van der Waals surface area contributed by atoms with Crippen molar-refractivity contribution in [2.24, 2.45) is 5.92 Å². The fraction of sp³-hybridized carbons (Fsp3) is 0.357. The molecule has 0 bridgehead atoms. The first-order chi connectivity index (χ1) is 9.10. The van der Waals surface area contributed by atoms with Crippen molar-refractivity contribution in [1.82, 2.24) is 15.0 Å². The van der Waals surface area contributed by atoms with E-state index in [9.17, 15) is 0 Å². The van der Waals surface area contributed by atoms with E-state index in [0.29, 0.717) is 23.1 Å². The summed E-state index contributed by atoms with van der Waals surface area (Å²) < 4.78 is 1.82. The molecule has 0 N–H and O–H groups in total. The van der Waals surface area contributed by atoms with Crippen molar-refractivity contribution in [3.05, 3.63) is 46.2 Å².